The van der Waals surface area contributed by atoms with E-state index < -0.39 is 0 Å². The summed E-state index contributed by atoms with van der Waals surface area (Å²) in [6.07, 6.45) is 0.386. The number of carbonyl (C=O) groups excluding carboxylic acids is 2. The number of morpholine rings is 1. The van der Waals surface area contributed by atoms with Gasteiger partial charge in [-0.05, 0) is 31.3 Å². The van der Waals surface area contributed by atoms with Crippen molar-refractivity contribution in [3.8, 4) is 0 Å². The summed E-state index contributed by atoms with van der Waals surface area (Å²) < 4.78 is 5.27. The highest BCUT2D eigenvalue weighted by molar-refractivity contribution is 7.80. The molecule has 1 fully saturated rings. The lowest BCUT2D eigenvalue weighted by Gasteiger charge is -2.23. The lowest BCUT2D eigenvalue weighted by Crippen LogP contribution is -3.14. The summed E-state index contributed by atoms with van der Waals surface area (Å²) in [6, 6.07) is 7.14. The molecule has 0 aromatic heterocycles. The molecule has 1 aromatic rings. The summed E-state index contributed by atoms with van der Waals surface area (Å²) in [7, 11) is 0. The van der Waals surface area contributed by atoms with E-state index >= 15 is 0 Å². The molecule has 4 N–H and O–H groups in total. The third kappa shape index (κ3) is 6.23. The molecule has 1 heterocycles. The van der Waals surface area contributed by atoms with Crippen molar-refractivity contribution in [3.05, 3.63) is 35.4 Å². The van der Waals surface area contributed by atoms with Gasteiger partial charge in [-0.25, -0.2) is 0 Å². The molecule has 0 saturated carbocycles. The Balaban J connectivity index is 1.65. The molecule has 24 heavy (non-hydrogen) atoms. The fourth-order valence-electron chi connectivity index (χ4n) is 2.30. The first-order valence-corrected chi connectivity index (χ1v) is 8.33. The molecule has 0 radical (unpaired) electrons. The molecule has 2 amide bonds. The number of hydrazine groups is 1. The summed E-state index contributed by atoms with van der Waals surface area (Å²) >= 11 is 5.00. The average Bonchev–Trinajstić information content (AvgIpc) is 2.59. The number of carbonyl (C=O) groups is 2. The highest BCUT2D eigenvalue weighted by Crippen LogP contribution is 2.02. The van der Waals surface area contributed by atoms with Crippen LogP contribution in [0.2, 0.25) is 0 Å². The quantitative estimate of drug-likeness (QED) is 0.410. The lowest BCUT2D eigenvalue weighted by atomic mass is 10.1. The van der Waals surface area contributed by atoms with Gasteiger partial charge in [0, 0.05) is 5.56 Å². The third-order valence-corrected chi connectivity index (χ3v) is 3.97. The molecule has 0 aliphatic carbocycles. The number of benzene rings is 1. The fourth-order valence-corrected chi connectivity index (χ4v) is 2.44. The largest absolute Gasteiger partial charge is 0.370 e. The van der Waals surface area contributed by atoms with E-state index in [0.717, 1.165) is 38.4 Å². The predicted octanol–water partition coefficient (Wildman–Crippen LogP) is -1.06. The van der Waals surface area contributed by atoms with E-state index in [2.05, 4.69) is 16.2 Å². The van der Waals surface area contributed by atoms with Gasteiger partial charge in [0.1, 0.15) is 13.1 Å². The summed E-state index contributed by atoms with van der Waals surface area (Å²) in [6.45, 7) is 6.02. The van der Waals surface area contributed by atoms with Crippen LogP contribution < -0.4 is 21.1 Å². The normalized spacial score (nSPS) is 14.7. The first-order valence-electron chi connectivity index (χ1n) is 7.93. The van der Waals surface area contributed by atoms with Gasteiger partial charge in [-0.2, -0.15) is 0 Å². The number of rotatable bonds is 4. The molecule has 0 unspecified atom stereocenters. The fraction of sp³-hybridized carbons (Fsp3) is 0.438. The van der Waals surface area contributed by atoms with Crippen LogP contribution in [0.5, 0.6) is 0 Å². The van der Waals surface area contributed by atoms with Crippen molar-refractivity contribution < 1.29 is 19.2 Å². The van der Waals surface area contributed by atoms with Crippen LogP contribution in [0.4, 0.5) is 0 Å². The highest BCUT2D eigenvalue weighted by Gasteiger charge is 2.15. The monoisotopic (exact) mass is 351 g/mol. The molecule has 1 aromatic carbocycles. The van der Waals surface area contributed by atoms with Gasteiger partial charge in [-0.15, -0.1) is 0 Å². The molecule has 0 atom stereocenters. The second kappa shape index (κ2) is 9.31. The van der Waals surface area contributed by atoms with Crippen LogP contribution in [-0.4, -0.2) is 49.8 Å². The van der Waals surface area contributed by atoms with Gasteiger partial charge >= 0.3 is 0 Å². The number of aryl methyl sites for hydroxylation is 1. The van der Waals surface area contributed by atoms with Gasteiger partial charge in [0.25, 0.3) is 5.91 Å². The van der Waals surface area contributed by atoms with Gasteiger partial charge in [-0.3, -0.25) is 25.8 Å². The van der Waals surface area contributed by atoms with E-state index in [9.17, 15) is 9.59 Å². The van der Waals surface area contributed by atoms with Crippen molar-refractivity contribution in [2.75, 3.05) is 32.8 Å². The minimum Gasteiger partial charge on any atom is -0.370 e. The molecular weight excluding hydrogens is 328 g/mol. The number of nitrogens with one attached hydrogen (secondary N) is 4. The van der Waals surface area contributed by atoms with Crippen molar-refractivity contribution in [1.82, 2.24) is 16.2 Å². The van der Waals surface area contributed by atoms with Crippen LogP contribution in [0.3, 0.4) is 0 Å². The van der Waals surface area contributed by atoms with Gasteiger partial charge in [0.15, 0.2) is 5.11 Å². The number of hydrogen-bond donors (Lipinski definition) is 4. The van der Waals surface area contributed by atoms with Crippen molar-refractivity contribution in [2.24, 2.45) is 0 Å². The first-order chi connectivity index (χ1) is 11.5. The van der Waals surface area contributed by atoms with Crippen LogP contribution >= 0.6 is 12.2 Å². The number of quaternary nitrogens is 1. The van der Waals surface area contributed by atoms with Crippen LogP contribution in [0.25, 0.3) is 0 Å². The Morgan fingerprint density at radius 3 is 2.50 bits per heavy atom. The molecule has 0 spiro atoms. The van der Waals surface area contributed by atoms with Gasteiger partial charge in [-0.1, -0.05) is 17.7 Å². The Kier molecular flexibility index (Phi) is 7.10. The van der Waals surface area contributed by atoms with Crippen molar-refractivity contribution in [1.29, 1.82) is 0 Å². The highest BCUT2D eigenvalue weighted by atomic mass is 32.1. The van der Waals surface area contributed by atoms with Crippen LogP contribution in [0, 0.1) is 6.92 Å². The Hall–Kier alpha value is -2.03. The molecule has 1 saturated heterocycles. The smallest absolute Gasteiger partial charge is 0.257 e. The van der Waals surface area contributed by atoms with Crippen molar-refractivity contribution >= 4 is 29.1 Å². The Morgan fingerprint density at radius 2 is 1.83 bits per heavy atom. The average molecular weight is 351 g/mol. The van der Waals surface area contributed by atoms with Crippen molar-refractivity contribution in [3.63, 3.8) is 0 Å². The van der Waals surface area contributed by atoms with E-state index in [4.69, 9.17) is 17.0 Å². The molecule has 1 aliphatic rings. The number of ether oxygens (including phenoxy) is 1. The maximum Gasteiger partial charge on any atom is 0.257 e. The standard InChI is InChI=1S/C16H22N4O3S/c1-12-2-4-13(5-3-12)15(22)17-16(24)19-18-14(21)6-7-20-8-10-23-11-9-20/h2-5H,6-11H2,1H3,(H,18,21)(H2,17,19,22,24)/p+1. The first kappa shape index (κ1) is 18.3. The number of thiocarbonyl (C=S) groups is 1. The second-order valence-corrected chi connectivity index (χ2v) is 6.09. The van der Waals surface area contributed by atoms with Gasteiger partial charge < -0.3 is 9.64 Å². The predicted molar refractivity (Wildman–Crippen MR) is 93.5 cm³/mol. The van der Waals surface area contributed by atoms with Crippen molar-refractivity contribution in [2.45, 2.75) is 13.3 Å². The number of hydrogen-bond acceptors (Lipinski definition) is 4. The Labute approximate surface area is 146 Å². The molecule has 130 valence electrons. The molecule has 2 rings (SSSR count). The van der Waals surface area contributed by atoms with Crippen LogP contribution in [0.15, 0.2) is 24.3 Å². The second-order valence-electron chi connectivity index (χ2n) is 5.68. The van der Waals surface area contributed by atoms with E-state index in [1.54, 1.807) is 12.1 Å². The van der Waals surface area contributed by atoms with E-state index in [1.165, 1.54) is 4.90 Å². The van der Waals surface area contributed by atoms with Crippen LogP contribution in [0.1, 0.15) is 22.3 Å². The third-order valence-electron chi connectivity index (χ3n) is 3.76. The summed E-state index contributed by atoms with van der Waals surface area (Å²) in [4.78, 5) is 25.1. The molecule has 7 nitrogen and oxygen atoms in total. The zero-order valence-electron chi connectivity index (χ0n) is 13.7. The van der Waals surface area contributed by atoms with Crippen LogP contribution in [-0.2, 0) is 9.53 Å². The minimum atomic E-state index is -0.320. The Morgan fingerprint density at radius 1 is 1.17 bits per heavy atom. The maximum atomic E-state index is 12.0. The SMILES string of the molecule is Cc1ccc(C(=O)NC(=S)NNC(=O)CC[NH+]2CCOCC2)cc1. The summed E-state index contributed by atoms with van der Waals surface area (Å²) in [5, 5.41) is 2.58. The number of amides is 2. The van der Waals surface area contributed by atoms with E-state index in [0.29, 0.717) is 12.0 Å². The molecule has 1 aliphatic heterocycles. The lowest BCUT2D eigenvalue weighted by molar-refractivity contribution is -0.907. The van der Waals surface area contributed by atoms with Gasteiger partial charge in [0.2, 0.25) is 5.91 Å². The zero-order valence-corrected chi connectivity index (χ0v) is 14.5. The molecular formula is C16H23N4O3S+. The zero-order chi connectivity index (χ0) is 17.4. The van der Waals surface area contributed by atoms with E-state index in [-0.39, 0.29) is 16.9 Å². The molecule has 0 bridgehead atoms. The maximum absolute atomic E-state index is 12.0. The van der Waals surface area contributed by atoms with E-state index in [1.807, 2.05) is 19.1 Å². The van der Waals surface area contributed by atoms with Gasteiger partial charge in [0.05, 0.1) is 26.2 Å². The topological polar surface area (TPSA) is 83.9 Å². The Bertz CT molecular complexity index is 585. The summed E-state index contributed by atoms with van der Waals surface area (Å²) in [5.74, 6) is -0.486. The molecule has 8 heteroatoms. The summed E-state index contributed by atoms with van der Waals surface area (Å²) in [5.41, 5.74) is 6.62. The minimum absolute atomic E-state index is 0.0626.